The molecule has 4 heterocycles. The average Bonchev–Trinajstić information content (AvgIpc) is 3.42. The Kier molecular flexibility index (Phi) is 4.22. The Morgan fingerprint density at radius 2 is 2.07 bits per heavy atom. The molecule has 0 saturated carbocycles. The first-order chi connectivity index (χ1) is 13.3. The van der Waals surface area contributed by atoms with E-state index in [1.807, 2.05) is 18.3 Å². The third kappa shape index (κ3) is 3.15. The molecule has 1 aliphatic heterocycles. The Morgan fingerprint density at radius 1 is 1.15 bits per heavy atom. The quantitative estimate of drug-likeness (QED) is 0.502. The molecule has 5 rings (SSSR count). The van der Waals surface area contributed by atoms with E-state index in [9.17, 15) is 0 Å². The summed E-state index contributed by atoms with van der Waals surface area (Å²) >= 11 is 1.68. The van der Waals surface area contributed by atoms with Crippen LogP contribution in [-0.2, 0) is 6.54 Å². The highest BCUT2D eigenvalue weighted by Gasteiger charge is 2.31. The molecular weight excluding hydrogens is 356 g/mol. The Balaban J connectivity index is 1.41. The second-order valence-corrected chi connectivity index (χ2v) is 8.26. The van der Waals surface area contributed by atoms with Gasteiger partial charge in [0.2, 0.25) is 5.89 Å². The van der Waals surface area contributed by atoms with Crippen LogP contribution in [0.15, 0.2) is 53.1 Å². The van der Waals surface area contributed by atoms with E-state index in [1.165, 1.54) is 15.8 Å². The maximum Gasteiger partial charge on any atom is 0.257 e. The summed E-state index contributed by atoms with van der Waals surface area (Å²) < 4.78 is 6.05. The predicted octanol–water partition coefficient (Wildman–Crippen LogP) is 4.99. The Morgan fingerprint density at radius 3 is 2.96 bits per heavy atom. The minimum atomic E-state index is 0.172. The van der Waals surface area contributed by atoms with E-state index in [4.69, 9.17) is 4.42 Å². The second kappa shape index (κ2) is 6.87. The number of para-hydroxylation sites is 1. The van der Waals surface area contributed by atoms with Gasteiger partial charge < -0.3 is 4.42 Å². The third-order valence-electron chi connectivity index (χ3n) is 5.13. The summed E-state index contributed by atoms with van der Waals surface area (Å²) in [7, 11) is 0. The maximum absolute atomic E-state index is 6.05. The van der Waals surface area contributed by atoms with Gasteiger partial charge in [-0.1, -0.05) is 24.3 Å². The lowest BCUT2D eigenvalue weighted by molar-refractivity contribution is 0.216. The van der Waals surface area contributed by atoms with Gasteiger partial charge in [0, 0.05) is 23.0 Å². The van der Waals surface area contributed by atoms with Crippen LogP contribution in [0.4, 0.5) is 0 Å². The van der Waals surface area contributed by atoms with Crippen molar-refractivity contribution in [1.82, 2.24) is 20.1 Å². The molecule has 5 nitrogen and oxygen atoms in total. The van der Waals surface area contributed by atoms with Crippen LogP contribution in [0, 0.1) is 6.92 Å². The maximum atomic E-state index is 6.05. The van der Waals surface area contributed by atoms with Crippen molar-refractivity contribution in [3.63, 3.8) is 0 Å². The van der Waals surface area contributed by atoms with Crippen LogP contribution in [0.2, 0.25) is 0 Å². The zero-order valence-electron chi connectivity index (χ0n) is 15.1. The first-order valence-electron chi connectivity index (χ1n) is 9.25. The molecule has 3 aromatic heterocycles. The van der Waals surface area contributed by atoms with Crippen molar-refractivity contribution in [3.05, 3.63) is 65.0 Å². The number of thiophene rings is 1. The molecule has 136 valence electrons. The number of benzene rings is 1. The van der Waals surface area contributed by atoms with Crippen molar-refractivity contribution in [2.75, 3.05) is 6.54 Å². The van der Waals surface area contributed by atoms with E-state index in [0.29, 0.717) is 5.89 Å². The van der Waals surface area contributed by atoms with Crippen molar-refractivity contribution in [3.8, 4) is 10.8 Å². The van der Waals surface area contributed by atoms with Crippen LogP contribution in [0.5, 0.6) is 0 Å². The standard InChI is InChI=1S/C21H20N4OS/c1-14-9-10-18(27-14)21-24-23-20(26-21)17-8-4-12-25(17)13-16-6-2-5-15-7-3-11-22-19(15)16/h2-3,5-7,9-11,17H,4,8,12-13H2,1H3/t17-/m1/s1. The van der Waals surface area contributed by atoms with Gasteiger partial charge in [-0.05, 0) is 50.1 Å². The highest BCUT2D eigenvalue weighted by Crippen LogP contribution is 2.35. The first kappa shape index (κ1) is 16.6. The molecular formula is C21H20N4OS. The topological polar surface area (TPSA) is 55.1 Å². The molecule has 1 aliphatic rings. The Labute approximate surface area is 161 Å². The zero-order valence-corrected chi connectivity index (χ0v) is 15.9. The summed E-state index contributed by atoms with van der Waals surface area (Å²) in [5.74, 6) is 1.35. The number of hydrogen-bond acceptors (Lipinski definition) is 6. The highest BCUT2D eigenvalue weighted by molar-refractivity contribution is 7.15. The molecule has 0 radical (unpaired) electrons. The van der Waals surface area contributed by atoms with Gasteiger partial charge in [-0.25, -0.2) is 0 Å². The lowest BCUT2D eigenvalue weighted by Crippen LogP contribution is -2.23. The average molecular weight is 376 g/mol. The summed E-state index contributed by atoms with van der Waals surface area (Å²) in [5, 5.41) is 9.84. The molecule has 27 heavy (non-hydrogen) atoms. The van der Waals surface area contributed by atoms with Crippen LogP contribution in [0.3, 0.4) is 0 Å². The van der Waals surface area contributed by atoms with E-state index in [-0.39, 0.29) is 6.04 Å². The summed E-state index contributed by atoms with van der Waals surface area (Å²) in [6.07, 6.45) is 4.04. The molecule has 0 bridgehead atoms. The number of pyridine rings is 1. The molecule has 6 heteroatoms. The van der Waals surface area contributed by atoms with Gasteiger partial charge in [0.25, 0.3) is 5.89 Å². The molecule has 0 spiro atoms. The lowest BCUT2D eigenvalue weighted by Gasteiger charge is -2.22. The number of hydrogen-bond donors (Lipinski definition) is 0. The molecule has 1 aromatic carbocycles. The lowest BCUT2D eigenvalue weighted by atomic mass is 10.1. The summed E-state index contributed by atoms with van der Waals surface area (Å²) in [6, 6.07) is 14.8. The molecule has 0 amide bonds. The normalized spacial score (nSPS) is 17.7. The van der Waals surface area contributed by atoms with E-state index in [0.717, 1.165) is 42.2 Å². The van der Waals surface area contributed by atoms with Gasteiger partial charge in [-0.3, -0.25) is 9.88 Å². The molecule has 4 aromatic rings. The monoisotopic (exact) mass is 376 g/mol. The summed E-state index contributed by atoms with van der Waals surface area (Å²) in [6.45, 7) is 3.96. The van der Waals surface area contributed by atoms with Crippen LogP contribution >= 0.6 is 11.3 Å². The molecule has 1 saturated heterocycles. The van der Waals surface area contributed by atoms with Crippen LogP contribution in [-0.4, -0.2) is 26.6 Å². The molecule has 1 fully saturated rings. The molecule has 0 aliphatic carbocycles. The van der Waals surface area contributed by atoms with Crippen LogP contribution in [0.25, 0.3) is 21.7 Å². The van der Waals surface area contributed by atoms with Gasteiger partial charge in [0.15, 0.2) is 0 Å². The largest absolute Gasteiger partial charge is 0.418 e. The van der Waals surface area contributed by atoms with E-state index < -0.39 is 0 Å². The van der Waals surface area contributed by atoms with Gasteiger partial charge >= 0.3 is 0 Å². The first-order valence-corrected chi connectivity index (χ1v) is 10.1. The van der Waals surface area contributed by atoms with Crippen molar-refractivity contribution < 1.29 is 4.42 Å². The highest BCUT2D eigenvalue weighted by atomic mass is 32.1. The molecule has 0 unspecified atom stereocenters. The third-order valence-corrected chi connectivity index (χ3v) is 6.12. The minimum Gasteiger partial charge on any atom is -0.418 e. The van der Waals surface area contributed by atoms with Gasteiger partial charge in [-0.15, -0.1) is 21.5 Å². The summed E-state index contributed by atoms with van der Waals surface area (Å²) in [4.78, 5) is 9.30. The Bertz CT molecular complexity index is 1080. The molecule has 0 N–H and O–H groups in total. The van der Waals surface area contributed by atoms with Crippen molar-refractivity contribution in [2.45, 2.75) is 32.4 Å². The Hall–Kier alpha value is -2.57. The zero-order chi connectivity index (χ0) is 18.2. The van der Waals surface area contributed by atoms with E-state index in [2.05, 4.69) is 57.3 Å². The van der Waals surface area contributed by atoms with E-state index in [1.54, 1.807) is 11.3 Å². The summed E-state index contributed by atoms with van der Waals surface area (Å²) in [5.41, 5.74) is 2.32. The van der Waals surface area contributed by atoms with Gasteiger partial charge in [0.1, 0.15) is 0 Å². The van der Waals surface area contributed by atoms with Crippen LogP contribution in [0.1, 0.15) is 35.2 Å². The van der Waals surface area contributed by atoms with Crippen molar-refractivity contribution in [1.29, 1.82) is 0 Å². The van der Waals surface area contributed by atoms with E-state index >= 15 is 0 Å². The number of fused-ring (bicyclic) bond motifs is 1. The SMILES string of the molecule is Cc1ccc(-c2nnc([C@H]3CCCN3Cc3cccc4cccnc34)o2)s1. The smallest absolute Gasteiger partial charge is 0.257 e. The number of aryl methyl sites for hydroxylation is 1. The predicted molar refractivity (Wildman–Crippen MR) is 106 cm³/mol. The van der Waals surface area contributed by atoms with Gasteiger partial charge in [0.05, 0.1) is 16.4 Å². The number of likely N-dealkylation sites (tertiary alicyclic amines) is 1. The fourth-order valence-corrected chi connectivity index (χ4v) is 4.62. The fourth-order valence-electron chi connectivity index (χ4n) is 3.83. The molecule has 1 atom stereocenters. The van der Waals surface area contributed by atoms with Crippen LogP contribution < -0.4 is 0 Å². The fraction of sp³-hybridized carbons (Fsp3) is 0.286. The minimum absolute atomic E-state index is 0.172. The van der Waals surface area contributed by atoms with Gasteiger partial charge in [-0.2, -0.15) is 0 Å². The number of rotatable bonds is 4. The second-order valence-electron chi connectivity index (χ2n) is 6.98. The number of aromatic nitrogens is 3. The number of nitrogens with zero attached hydrogens (tertiary/aromatic N) is 4. The van der Waals surface area contributed by atoms with Crippen molar-refractivity contribution in [2.24, 2.45) is 0 Å². The van der Waals surface area contributed by atoms with Crippen molar-refractivity contribution >= 4 is 22.2 Å².